The maximum atomic E-state index is 3.86. The molecule has 1 aromatic rings. The molecular formula is C17H26N2. The molecule has 2 atom stereocenters. The van der Waals surface area contributed by atoms with Gasteiger partial charge in [-0.3, -0.25) is 0 Å². The number of hydrogen-bond acceptors (Lipinski definition) is 2. The molecule has 1 aliphatic carbocycles. The zero-order valence-electron chi connectivity index (χ0n) is 12.0. The van der Waals surface area contributed by atoms with Crippen LogP contribution in [0.2, 0.25) is 0 Å². The number of benzene rings is 1. The molecule has 1 aliphatic heterocycles. The lowest BCUT2D eigenvalue weighted by Gasteiger charge is -2.21. The van der Waals surface area contributed by atoms with E-state index < -0.39 is 0 Å². The zero-order chi connectivity index (χ0) is 13.1. The Labute approximate surface area is 117 Å². The van der Waals surface area contributed by atoms with Crippen molar-refractivity contribution < 1.29 is 0 Å². The molecule has 1 saturated carbocycles. The highest BCUT2D eigenvalue weighted by molar-refractivity contribution is 5.21. The van der Waals surface area contributed by atoms with Crippen molar-refractivity contribution in [2.75, 3.05) is 26.2 Å². The normalized spacial score (nSPS) is 25.6. The molecule has 104 valence electrons. The Hall–Kier alpha value is -0.860. The third-order valence-electron chi connectivity index (χ3n) is 4.70. The van der Waals surface area contributed by atoms with Crippen LogP contribution in [0.15, 0.2) is 30.3 Å². The van der Waals surface area contributed by atoms with Gasteiger partial charge in [0.15, 0.2) is 0 Å². The van der Waals surface area contributed by atoms with Crippen LogP contribution in [-0.4, -0.2) is 31.1 Å². The minimum Gasteiger partial charge on any atom is -0.309 e. The van der Waals surface area contributed by atoms with E-state index in [1.807, 2.05) is 0 Å². The standard InChI is InChI=1S/C17H26N2/c1-2-19-11-10-14(13-19)12-18-17(16-8-9-16)15-6-4-3-5-7-15/h3-7,14,16-18H,2,8-13H2,1H3. The van der Waals surface area contributed by atoms with Gasteiger partial charge in [-0.05, 0) is 56.3 Å². The lowest BCUT2D eigenvalue weighted by Crippen LogP contribution is -2.30. The fourth-order valence-electron chi connectivity index (χ4n) is 3.31. The fraction of sp³-hybridized carbons (Fsp3) is 0.647. The molecule has 19 heavy (non-hydrogen) atoms. The molecule has 0 radical (unpaired) electrons. The number of nitrogens with one attached hydrogen (secondary N) is 1. The van der Waals surface area contributed by atoms with E-state index in [-0.39, 0.29) is 0 Å². The molecule has 0 bridgehead atoms. The van der Waals surface area contributed by atoms with Gasteiger partial charge in [-0.2, -0.15) is 0 Å². The third kappa shape index (κ3) is 3.37. The number of nitrogens with zero attached hydrogens (tertiary/aromatic N) is 1. The lowest BCUT2D eigenvalue weighted by molar-refractivity contribution is 0.332. The van der Waals surface area contributed by atoms with Gasteiger partial charge in [-0.25, -0.2) is 0 Å². The molecule has 1 heterocycles. The smallest absolute Gasteiger partial charge is 0.0348 e. The first-order valence-electron chi connectivity index (χ1n) is 7.87. The average Bonchev–Trinajstić information content (AvgIpc) is 3.18. The summed E-state index contributed by atoms with van der Waals surface area (Å²) in [5, 5.41) is 3.86. The van der Waals surface area contributed by atoms with Gasteiger partial charge in [0.2, 0.25) is 0 Å². The van der Waals surface area contributed by atoms with E-state index >= 15 is 0 Å². The van der Waals surface area contributed by atoms with Crippen LogP contribution in [-0.2, 0) is 0 Å². The quantitative estimate of drug-likeness (QED) is 0.843. The molecule has 0 aromatic heterocycles. The first-order valence-corrected chi connectivity index (χ1v) is 7.87. The summed E-state index contributed by atoms with van der Waals surface area (Å²) >= 11 is 0. The number of likely N-dealkylation sites (tertiary alicyclic amines) is 1. The van der Waals surface area contributed by atoms with Gasteiger partial charge in [0.1, 0.15) is 0 Å². The fourth-order valence-corrected chi connectivity index (χ4v) is 3.31. The molecule has 2 nitrogen and oxygen atoms in total. The van der Waals surface area contributed by atoms with E-state index in [0.717, 1.165) is 11.8 Å². The predicted octanol–water partition coefficient (Wildman–Crippen LogP) is 3.07. The van der Waals surface area contributed by atoms with E-state index in [1.165, 1.54) is 51.0 Å². The van der Waals surface area contributed by atoms with Crippen LogP contribution in [0.3, 0.4) is 0 Å². The summed E-state index contributed by atoms with van der Waals surface area (Å²) < 4.78 is 0. The SMILES string of the molecule is CCN1CCC(CNC(c2ccccc2)C2CC2)C1. The minimum absolute atomic E-state index is 0.594. The third-order valence-corrected chi connectivity index (χ3v) is 4.70. The van der Waals surface area contributed by atoms with Crippen molar-refractivity contribution >= 4 is 0 Å². The van der Waals surface area contributed by atoms with Gasteiger partial charge in [-0.15, -0.1) is 0 Å². The first kappa shape index (κ1) is 13.1. The summed E-state index contributed by atoms with van der Waals surface area (Å²) in [6.07, 6.45) is 4.17. The molecule has 2 aliphatic rings. The van der Waals surface area contributed by atoms with Gasteiger partial charge < -0.3 is 10.2 Å². The van der Waals surface area contributed by atoms with E-state index in [1.54, 1.807) is 0 Å². The molecule has 0 spiro atoms. The lowest BCUT2D eigenvalue weighted by atomic mass is 10.0. The summed E-state index contributed by atoms with van der Waals surface area (Å²) in [7, 11) is 0. The summed E-state index contributed by atoms with van der Waals surface area (Å²) in [6, 6.07) is 11.6. The van der Waals surface area contributed by atoms with Crippen molar-refractivity contribution in [3.8, 4) is 0 Å². The van der Waals surface area contributed by atoms with E-state index in [0.29, 0.717) is 6.04 Å². The molecule has 1 N–H and O–H groups in total. The van der Waals surface area contributed by atoms with Crippen molar-refractivity contribution in [1.29, 1.82) is 0 Å². The van der Waals surface area contributed by atoms with Gasteiger partial charge in [0.05, 0.1) is 0 Å². The number of rotatable bonds is 6. The van der Waals surface area contributed by atoms with Crippen LogP contribution in [0, 0.1) is 11.8 Å². The van der Waals surface area contributed by atoms with Crippen molar-refractivity contribution in [2.24, 2.45) is 11.8 Å². The highest BCUT2D eigenvalue weighted by Crippen LogP contribution is 2.41. The molecule has 3 rings (SSSR count). The highest BCUT2D eigenvalue weighted by atomic mass is 15.1. The van der Waals surface area contributed by atoms with Crippen molar-refractivity contribution in [1.82, 2.24) is 10.2 Å². The highest BCUT2D eigenvalue weighted by Gasteiger charge is 2.32. The molecule has 0 amide bonds. The Morgan fingerprint density at radius 2 is 2.00 bits per heavy atom. The van der Waals surface area contributed by atoms with Crippen molar-refractivity contribution in [2.45, 2.75) is 32.2 Å². The largest absolute Gasteiger partial charge is 0.309 e. The average molecular weight is 258 g/mol. The number of hydrogen-bond donors (Lipinski definition) is 1. The summed E-state index contributed by atoms with van der Waals surface area (Å²) in [5.74, 6) is 1.73. The summed E-state index contributed by atoms with van der Waals surface area (Å²) in [5.41, 5.74) is 1.48. The summed E-state index contributed by atoms with van der Waals surface area (Å²) in [6.45, 7) is 7.25. The first-order chi connectivity index (χ1) is 9.36. The Morgan fingerprint density at radius 3 is 2.63 bits per heavy atom. The molecule has 1 saturated heterocycles. The molecule has 2 unspecified atom stereocenters. The van der Waals surface area contributed by atoms with Gasteiger partial charge in [0.25, 0.3) is 0 Å². The minimum atomic E-state index is 0.594. The van der Waals surface area contributed by atoms with Gasteiger partial charge in [0, 0.05) is 12.6 Å². The maximum absolute atomic E-state index is 3.86. The zero-order valence-corrected chi connectivity index (χ0v) is 12.0. The second kappa shape index (κ2) is 6.06. The van der Waals surface area contributed by atoms with Gasteiger partial charge in [-0.1, -0.05) is 37.3 Å². The van der Waals surface area contributed by atoms with Crippen LogP contribution in [0.25, 0.3) is 0 Å². The Kier molecular flexibility index (Phi) is 4.19. The van der Waals surface area contributed by atoms with E-state index in [4.69, 9.17) is 0 Å². The van der Waals surface area contributed by atoms with Crippen LogP contribution >= 0.6 is 0 Å². The van der Waals surface area contributed by atoms with E-state index in [9.17, 15) is 0 Å². The van der Waals surface area contributed by atoms with Gasteiger partial charge >= 0.3 is 0 Å². The van der Waals surface area contributed by atoms with Crippen LogP contribution < -0.4 is 5.32 Å². The molecule has 2 fully saturated rings. The Bertz CT molecular complexity index is 386. The second-order valence-electron chi connectivity index (χ2n) is 6.18. The Balaban J connectivity index is 1.55. The topological polar surface area (TPSA) is 15.3 Å². The van der Waals surface area contributed by atoms with E-state index in [2.05, 4.69) is 47.5 Å². The van der Waals surface area contributed by atoms with Crippen molar-refractivity contribution in [3.63, 3.8) is 0 Å². The van der Waals surface area contributed by atoms with Crippen LogP contribution in [0.4, 0.5) is 0 Å². The van der Waals surface area contributed by atoms with Crippen LogP contribution in [0.1, 0.15) is 37.8 Å². The monoisotopic (exact) mass is 258 g/mol. The van der Waals surface area contributed by atoms with Crippen molar-refractivity contribution in [3.05, 3.63) is 35.9 Å². The second-order valence-corrected chi connectivity index (χ2v) is 6.18. The van der Waals surface area contributed by atoms with Crippen LogP contribution in [0.5, 0.6) is 0 Å². The maximum Gasteiger partial charge on any atom is 0.0348 e. The predicted molar refractivity (Wildman–Crippen MR) is 80.1 cm³/mol. The molecular weight excluding hydrogens is 232 g/mol. The molecule has 2 heteroatoms. The Morgan fingerprint density at radius 1 is 1.21 bits per heavy atom. The molecule has 1 aromatic carbocycles. The summed E-state index contributed by atoms with van der Waals surface area (Å²) in [4.78, 5) is 2.57.